The summed E-state index contributed by atoms with van der Waals surface area (Å²) in [6, 6.07) is 21.6. The maximum absolute atomic E-state index is 12.7. The predicted molar refractivity (Wildman–Crippen MR) is 105 cm³/mol. The largest absolute Gasteiger partial charge is 0.264 e. The van der Waals surface area contributed by atoms with Crippen molar-refractivity contribution in [1.82, 2.24) is 14.8 Å². The van der Waals surface area contributed by atoms with Crippen LogP contribution in [0.5, 0.6) is 0 Å². The first-order valence-electron chi connectivity index (χ1n) is 8.44. The van der Waals surface area contributed by atoms with Crippen molar-refractivity contribution in [2.75, 3.05) is 4.72 Å². The molecule has 4 aromatic rings. The van der Waals surface area contributed by atoms with Gasteiger partial charge in [-0.25, -0.2) is 17.8 Å². The highest BCUT2D eigenvalue weighted by Gasteiger charge is 2.17. The number of anilines is 1. The standard InChI is InChI=1S/C20H15N5O2S/c21-12-15-5-7-16(8-6-15)13-25-14-22-20(23-25)24-28(26,27)19-10-9-17-3-1-2-4-18(17)11-19/h1-11,14H,13H2,(H,23,24). The Hall–Kier alpha value is -3.70. The lowest BCUT2D eigenvalue weighted by Gasteiger charge is -2.06. The highest BCUT2D eigenvalue weighted by atomic mass is 32.2. The molecule has 138 valence electrons. The minimum atomic E-state index is -3.80. The van der Waals surface area contributed by atoms with Crippen LogP contribution in [0.3, 0.4) is 0 Å². The number of sulfonamides is 1. The third-order valence-electron chi connectivity index (χ3n) is 4.22. The minimum absolute atomic E-state index is 0.00167. The van der Waals surface area contributed by atoms with Crippen LogP contribution in [-0.2, 0) is 16.6 Å². The number of fused-ring (bicyclic) bond motifs is 1. The Morgan fingerprint density at radius 2 is 1.75 bits per heavy atom. The van der Waals surface area contributed by atoms with Crippen molar-refractivity contribution in [2.24, 2.45) is 0 Å². The average Bonchev–Trinajstić information content (AvgIpc) is 3.14. The lowest BCUT2D eigenvalue weighted by Crippen LogP contribution is -2.14. The number of aromatic nitrogens is 3. The molecule has 0 amide bonds. The molecule has 0 aliphatic rings. The smallest absolute Gasteiger partial charge is 0.246 e. The van der Waals surface area contributed by atoms with Crippen LogP contribution >= 0.6 is 0 Å². The number of nitriles is 1. The molecule has 4 rings (SSSR count). The van der Waals surface area contributed by atoms with Gasteiger partial charge in [0.25, 0.3) is 16.0 Å². The Labute approximate surface area is 161 Å². The van der Waals surface area contributed by atoms with Crippen molar-refractivity contribution >= 4 is 26.7 Å². The van der Waals surface area contributed by atoms with Crippen molar-refractivity contribution in [2.45, 2.75) is 11.4 Å². The van der Waals surface area contributed by atoms with Crippen LogP contribution in [0.1, 0.15) is 11.1 Å². The molecular formula is C20H15N5O2S. The van der Waals surface area contributed by atoms with Gasteiger partial charge in [0.2, 0.25) is 0 Å². The monoisotopic (exact) mass is 389 g/mol. The van der Waals surface area contributed by atoms with E-state index in [1.807, 2.05) is 36.4 Å². The molecule has 0 unspecified atom stereocenters. The molecule has 8 heteroatoms. The topological polar surface area (TPSA) is 101 Å². The molecular weight excluding hydrogens is 374 g/mol. The lowest BCUT2D eigenvalue weighted by atomic mass is 10.1. The number of hydrogen-bond donors (Lipinski definition) is 1. The molecule has 0 aliphatic carbocycles. The van der Waals surface area contributed by atoms with E-state index in [-0.39, 0.29) is 10.8 Å². The van der Waals surface area contributed by atoms with E-state index >= 15 is 0 Å². The van der Waals surface area contributed by atoms with Gasteiger partial charge in [-0.05, 0) is 40.6 Å². The molecule has 28 heavy (non-hydrogen) atoms. The Kier molecular flexibility index (Phi) is 4.51. The summed E-state index contributed by atoms with van der Waals surface area (Å²) >= 11 is 0. The number of nitrogens with one attached hydrogen (secondary N) is 1. The van der Waals surface area contributed by atoms with Crippen molar-refractivity contribution in [1.29, 1.82) is 5.26 Å². The molecule has 1 heterocycles. The zero-order valence-electron chi connectivity index (χ0n) is 14.6. The van der Waals surface area contributed by atoms with Crippen LogP contribution in [0, 0.1) is 11.3 Å². The van der Waals surface area contributed by atoms with E-state index in [4.69, 9.17) is 5.26 Å². The molecule has 0 saturated heterocycles. The van der Waals surface area contributed by atoms with E-state index in [2.05, 4.69) is 20.9 Å². The van der Waals surface area contributed by atoms with Gasteiger partial charge in [0.05, 0.1) is 23.1 Å². The Balaban J connectivity index is 1.52. The molecule has 7 nitrogen and oxygen atoms in total. The summed E-state index contributed by atoms with van der Waals surface area (Å²) in [6.07, 6.45) is 1.45. The van der Waals surface area contributed by atoms with E-state index in [1.54, 1.807) is 30.3 Å². The fourth-order valence-electron chi connectivity index (χ4n) is 2.80. The number of benzene rings is 3. The summed E-state index contributed by atoms with van der Waals surface area (Å²) in [5.74, 6) is 0.00167. The molecule has 0 aliphatic heterocycles. The Morgan fingerprint density at radius 1 is 1.00 bits per heavy atom. The first-order valence-corrected chi connectivity index (χ1v) is 9.92. The number of nitrogens with zero attached hydrogens (tertiary/aromatic N) is 4. The summed E-state index contributed by atoms with van der Waals surface area (Å²) in [5, 5.41) is 14.8. The minimum Gasteiger partial charge on any atom is -0.246 e. The number of rotatable bonds is 5. The van der Waals surface area contributed by atoms with Crippen LogP contribution in [0.15, 0.2) is 78.0 Å². The van der Waals surface area contributed by atoms with Gasteiger partial charge in [-0.3, -0.25) is 0 Å². The molecule has 0 radical (unpaired) electrons. The number of hydrogen-bond acceptors (Lipinski definition) is 5. The molecule has 1 aromatic heterocycles. The average molecular weight is 389 g/mol. The van der Waals surface area contributed by atoms with Crippen LogP contribution in [0.4, 0.5) is 5.95 Å². The second-order valence-electron chi connectivity index (χ2n) is 6.19. The summed E-state index contributed by atoms with van der Waals surface area (Å²) in [6.45, 7) is 0.413. The Bertz CT molecular complexity index is 1290. The predicted octanol–water partition coefficient (Wildman–Crippen LogP) is 3.15. The molecule has 0 fully saturated rings. The second kappa shape index (κ2) is 7.13. The molecule has 0 atom stereocenters. The highest BCUT2D eigenvalue weighted by Crippen LogP contribution is 2.20. The maximum Gasteiger partial charge on any atom is 0.264 e. The second-order valence-corrected chi connectivity index (χ2v) is 7.87. The summed E-state index contributed by atoms with van der Waals surface area (Å²) in [5.41, 5.74) is 1.50. The first kappa shape index (κ1) is 17.7. The maximum atomic E-state index is 12.7. The van der Waals surface area contributed by atoms with Gasteiger partial charge in [0.15, 0.2) is 0 Å². The van der Waals surface area contributed by atoms with Crippen LogP contribution in [-0.4, -0.2) is 23.2 Å². The third-order valence-corrected chi connectivity index (χ3v) is 5.55. The van der Waals surface area contributed by atoms with Gasteiger partial charge in [-0.1, -0.05) is 42.5 Å². The zero-order valence-corrected chi connectivity index (χ0v) is 15.5. The van der Waals surface area contributed by atoms with Crippen LogP contribution < -0.4 is 4.72 Å². The van der Waals surface area contributed by atoms with Crippen molar-refractivity contribution in [3.63, 3.8) is 0 Å². The molecule has 0 spiro atoms. The van der Waals surface area contributed by atoms with Gasteiger partial charge in [-0.2, -0.15) is 10.2 Å². The van der Waals surface area contributed by atoms with E-state index in [0.717, 1.165) is 16.3 Å². The SMILES string of the molecule is N#Cc1ccc(Cn2cnc(NS(=O)(=O)c3ccc4ccccc4c3)n2)cc1. The van der Waals surface area contributed by atoms with Crippen molar-refractivity contribution in [3.05, 3.63) is 84.2 Å². The quantitative estimate of drug-likeness (QED) is 0.565. The van der Waals surface area contributed by atoms with Gasteiger partial charge in [-0.15, -0.1) is 5.10 Å². The van der Waals surface area contributed by atoms with Gasteiger partial charge < -0.3 is 0 Å². The van der Waals surface area contributed by atoms with Crippen molar-refractivity contribution < 1.29 is 8.42 Å². The van der Waals surface area contributed by atoms with Crippen LogP contribution in [0.25, 0.3) is 10.8 Å². The van der Waals surface area contributed by atoms with Gasteiger partial charge in [0, 0.05) is 0 Å². The summed E-state index contributed by atoms with van der Waals surface area (Å²) in [4.78, 5) is 4.18. The fraction of sp³-hybridized carbons (Fsp3) is 0.0500. The summed E-state index contributed by atoms with van der Waals surface area (Å²) in [7, 11) is -3.80. The van der Waals surface area contributed by atoms with E-state index in [0.29, 0.717) is 12.1 Å². The highest BCUT2D eigenvalue weighted by molar-refractivity contribution is 7.92. The lowest BCUT2D eigenvalue weighted by molar-refractivity contribution is 0.600. The summed E-state index contributed by atoms with van der Waals surface area (Å²) < 4.78 is 29.2. The normalized spacial score (nSPS) is 11.2. The van der Waals surface area contributed by atoms with Crippen molar-refractivity contribution in [3.8, 4) is 6.07 Å². The fourth-order valence-corrected chi connectivity index (χ4v) is 3.78. The Morgan fingerprint density at radius 3 is 2.50 bits per heavy atom. The molecule has 1 N–H and O–H groups in total. The molecule has 0 bridgehead atoms. The van der Waals surface area contributed by atoms with Crippen LogP contribution in [0.2, 0.25) is 0 Å². The van der Waals surface area contributed by atoms with E-state index in [1.165, 1.54) is 11.0 Å². The zero-order chi connectivity index (χ0) is 19.6. The third kappa shape index (κ3) is 3.70. The van der Waals surface area contributed by atoms with E-state index in [9.17, 15) is 8.42 Å². The molecule has 0 saturated carbocycles. The van der Waals surface area contributed by atoms with Gasteiger partial charge >= 0.3 is 0 Å². The first-order chi connectivity index (χ1) is 13.5. The van der Waals surface area contributed by atoms with E-state index < -0.39 is 10.0 Å². The molecule has 3 aromatic carbocycles. The van der Waals surface area contributed by atoms with Gasteiger partial charge in [0.1, 0.15) is 6.33 Å².